The van der Waals surface area contributed by atoms with E-state index in [1.165, 1.54) is 75.7 Å². The van der Waals surface area contributed by atoms with Gasteiger partial charge in [0.2, 0.25) is 0 Å². The number of fused-ring (bicyclic) bond motifs is 6. The van der Waals surface area contributed by atoms with Crippen LogP contribution < -0.4 is 24.8 Å². The predicted molar refractivity (Wildman–Crippen MR) is 158 cm³/mol. The Hall–Kier alpha value is 0.457. The fourth-order valence-corrected chi connectivity index (χ4v) is 14.6. The van der Waals surface area contributed by atoms with E-state index < -0.39 is 39.9 Å². The largest absolute Gasteiger partial charge is 1.00 e. The van der Waals surface area contributed by atoms with Crippen LogP contribution in [0.2, 0.25) is 43.5 Å². The third-order valence-electron chi connectivity index (χ3n) is 10.9. The summed E-state index contributed by atoms with van der Waals surface area (Å²) in [7, 11) is -3.80. The van der Waals surface area contributed by atoms with Crippen molar-refractivity contribution in [1.82, 2.24) is 0 Å². The van der Waals surface area contributed by atoms with Gasteiger partial charge in [-0.1, -0.05) is 0 Å². The first-order chi connectivity index (χ1) is 17.1. The first-order valence-corrected chi connectivity index (χ1v) is 23.8. The number of hydrogen-bond acceptors (Lipinski definition) is 2. The van der Waals surface area contributed by atoms with E-state index >= 15 is 0 Å². The van der Waals surface area contributed by atoms with Crippen LogP contribution in [0.4, 0.5) is 0 Å². The van der Waals surface area contributed by atoms with Crippen LogP contribution in [-0.4, -0.2) is 16.6 Å². The quantitative estimate of drug-likeness (QED) is 0.397. The second kappa shape index (κ2) is 11.9. The minimum atomic E-state index is -1.90. The molecular formula is C32H52Cl2O2Si2Zr. The van der Waals surface area contributed by atoms with Gasteiger partial charge >= 0.3 is 243 Å². The average molecular weight is 687 g/mol. The van der Waals surface area contributed by atoms with Gasteiger partial charge in [-0.15, -0.1) is 0 Å². The summed E-state index contributed by atoms with van der Waals surface area (Å²) in [6.07, 6.45) is 13.1. The molecule has 0 saturated carbocycles. The number of rotatable bonds is 4. The van der Waals surface area contributed by atoms with Crippen LogP contribution in [0.25, 0.3) is 0 Å². The van der Waals surface area contributed by atoms with Crippen molar-refractivity contribution in [2.75, 3.05) is 0 Å². The number of allylic oxidation sites excluding steroid dienone is 6. The molecular weight excluding hydrogens is 635 g/mol. The molecule has 1 aliphatic heterocycles. The summed E-state index contributed by atoms with van der Waals surface area (Å²) in [5, 5.41) is 0.471. The van der Waals surface area contributed by atoms with Crippen molar-refractivity contribution in [2.45, 2.75) is 149 Å². The molecule has 4 bridgehead atoms. The molecule has 0 saturated heterocycles. The number of hydrogen-bond donors (Lipinski definition) is 0. The van der Waals surface area contributed by atoms with Gasteiger partial charge in [0.05, 0.1) is 0 Å². The molecule has 5 aliphatic rings. The van der Waals surface area contributed by atoms with Gasteiger partial charge in [-0.3, -0.25) is 0 Å². The van der Waals surface area contributed by atoms with Gasteiger partial charge in [-0.05, 0) is 0 Å². The third-order valence-corrected chi connectivity index (χ3v) is 24.2. The summed E-state index contributed by atoms with van der Waals surface area (Å²) in [5.74, 6) is 2.98. The van der Waals surface area contributed by atoms with Crippen molar-refractivity contribution in [3.05, 3.63) is 45.0 Å². The molecule has 218 valence electrons. The Labute approximate surface area is 266 Å². The van der Waals surface area contributed by atoms with E-state index in [0.29, 0.717) is 7.25 Å². The Balaban J connectivity index is 0.00000210. The van der Waals surface area contributed by atoms with Crippen molar-refractivity contribution in [2.24, 2.45) is 0 Å². The van der Waals surface area contributed by atoms with E-state index in [4.69, 9.17) is 8.85 Å². The molecule has 2 atom stereocenters. The number of halogens is 2. The Morgan fingerprint density at radius 3 is 1.21 bits per heavy atom. The van der Waals surface area contributed by atoms with Crippen molar-refractivity contribution >= 4 is 16.6 Å². The zero-order valence-corrected chi connectivity index (χ0v) is 32.3. The van der Waals surface area contributed by atoms with Crippen molar-refractivity contribution < 1.29 is 56.9 Å². The predicted octanol–water partition coefficient (Wildman–Crippen LogP) is 4.77. The molecule has 0 aromatic rings. The monoisotopic (exact) mass is 684 g/mol. The summed E-state index contributed by atoms with van der Waals surface area (Å²) < 4.78 is 16.1. The smallest absolute Gasteiger partial charge is 1.00 e. The van der Waals surface area contributed by atoms with Gasteiger partial charge in [0, 0.05) is 0 Å². The molecule has 0 N–H and O–H groups in total. The average Bonchev–Trinajstić information content (AvgIpc) is 3.24. The van der Waals surface area contributed by atoms with E-state index in [0.717, 1.165) is 0 Å². The van der Waals surface area contributed by atoms with Crippen molar-refractivity contribution in [3.8, 4) is 0 Å². The molecule has 0 amide bonds. The first kappa shape index (κ1) is 34.0. The fraction of sp³-hybridized carbons (Fsp3) is 0.750. The molecule has 0 spiro atoms. The van der Waals surface area contributed by atoms with Crippen LogP contribution >= 0.6 is 0 Å². The molecule has 7 heteroatoms. The molecule has 0 aromatic heterocycles. The summed E-state index contributed by atoms with van der Waals surface area (Å²) >= 11 is -0.935. The van der Waals surface area contributed by atoms with Crippen molar-refractivity contribution in [1.29, 1.82) is 0 Å². The van der Waals surface area contributed by atoms with Crippen LogP contribution in [-0.2, 0) is 32.1 Å². The van der Waals surface area contributed by atoms with Gasteiger partial charge < -0.3 is 24.8 Å². The topological polar surface area (TPSA) is 18.5 Å². The Morgan fingerprint density at radius 1 is 0.538 bits per heavy atom. The van der Waals surface area contributed by atoms with Gasteiger partial charge in [-0.25, -0.2) is 0 Å². The molecule has 2 nitrogen and oxygen atoms in total. The van der Waals surface area contributed by atoms with Crippen molar-refractivity contribution in [3.63, 3.8) is 0 Å². The Kier molecular flexibility index (Phi) is 10.3. The third kappa shape index (κ3) is 6.11. The molecule has 39 heavy (non-hydrogen) atoms. The van der Waals surface area contributed by atoms with Crippen LogP contribution in [0, 0.1) is 0 Å². The minimum Gasteiger partial charge on any atom is -1.00 e. The zero-order valence-electron chi connectivity index (χ0n) is 26.3. The van der Waals surface area contributed by atoms with Gasteiger partial charge in [0.15, 0.2) is 0 Å². The van der Waals surface area contributed by atoms with E-state index in [2.05, 4.69) is 67.7 Å². The standard InChI is InChI=1S/C32H52O2Si2.2ClH.Zr/c1-31(2,3)35(7,8)33-29-21-23-15-11-13-17-25(23)27(29)19-20-28-26-18-14-12-16-24(26)22-30(28)34-36(9,10)32(4,5)6;;;/h21-22H,11-20H2,1-10H3;2*1H;/q;;;+2/p-2. The summed E-state index contributed by atoms with van der Waals surface area (Å²) in [6, 6.07) is 0. The maximum absolute atomic E-state index is 7.40. The normalized spacial score (nSPS) is 25.4. The molecule has 0 fully saturated rings. The molecule has 1 heterocycles. The zero-order chi connectivity index (χ0) is 27.0. The van der Waals surface area contributed by atoms with Crippen LogP contribution in [0.15, 0.2) is 45.0 Å². The SMILES string of the molecule is CC(C)(C)[Si](C)(C)OC1=C2CCC3=C(O[Si](C)(C)C(C)(C)C)[C@@H]([Zr+2][C@@H]1C1=C2CCCC1)C1=C3CCCC1.[Cl-].[Cl-]. The van der Waals surface area contributed by atoms with E-state index in [-0.39, 0.29) is 34.9 Å². The fourth-order valence-electron chi connectivity index (χ4n) is 6.56. The molecule has 0 radical (unpaired) electrons. The van der Waals surface area contributed by atoms with Gasteiger partial charge in [0.25, 0.3) is 0 Å². The first-order valence-electron chi connectivity index (χ1n) is 15.2. The molecule has 5 rings (SSSR count). The van der Waals surface area contributed by atoms with E-state index in [1.807, 2.05) is 11.1 Å². The summed E-state index contributed by atoms with van der Waals surface area (Å²) in [6.45, 7) is 24.3. The Bertz CT molecular complexity index is 1020. The van der Waals surface area contributed by atoms with Gasteiger partial charge in [-0.2, -0.15) is 0 Å². The maximum atomic E-state index is 7.40. The minimum absolute atomic E-state index is 0. The molecule has 0 aromatic carbocycles. The van der Waals surface area contributed by atoms with Crippen LogP contribution in [0.3, 0.4) is 0 Å². The maximum Gasteiger partial charge on any atom is -1.00 e. The molecule has 0 unspecified atom stereocenters. The van der Waals surface area contributed by atoms with E-state index in [1.54, 1.807) is 22.3 Å². The summed E-state index contributed by atoms with van der Waals surface area (Å²) in [5.41, 5.74) is 10.5. The Morgan fingerprint density at radius 2 is 0.872 bits per heavy atom. The van der Waals surface area contributed by atoms with Crippen LogP contribution in [0.1, 0.15) is 106 Å². The molecule has 4 aliphatic carbocycles. The van der Waals surface area contributed by atoms with Gasteiger partial charge in [0.1, 0.15) is 0 Å². The van der Waals surface area contributed by atoms with E-state index in [9.17, 15) is 0 Å². The summed E-state index contributed by atoms with van der Waals surface area (Å²) in [4.78, 5) is 0. The van der Waals surface area contributed by atoms with Crippen LogP contribution in [0.5, 0.6) is 0 Å². The second-order valence-electron chi connectivity index (χ2n) is 15.4. The second-order valence-corrected chi connectivity index (χ2v) is 28.5.